The molecule has 0 fully saturated rings. The van der Waals surface area contributed by atoms with Crippen molar-refractivity contribution in [3.05, 3.63) is 0 Å². The van der Waals surface area contributed by atoms with Crippen molar-refractivity contribution in [1.82, 2.24) is 0 Å². The van der Waals surface area contributed by atoms with Gasteiger partial charge in [-0.15, -0.1) is 0 Å². The molecule has 0 aromatic heterocycles. The Morgan fingerprint density at radius 3 is 1.83 bits per heavy atom. The van der Waals surface area contributed by atoms with Gasteiger partial charge in [0.25, 0.3) is 0 Å². The second-order valence-corrected chi connectivity index (χ2v) is 4.05. The summed E-state index contributed by atoms with van der Waals surface area (Å²) in [5, 5.41) is 0. The fourth-order valence-electron chi connectivity index (χ4n) is 1.38. The molecule has 0 aliphatic carbocycles. The molecule has 0 bridgehead atoms. The van der Waals surface area contributed by atoms with Crippen molar-refractivity contribution in [2.45, 2.75) is 58.3 Å². The maximum atomic E-state index is 5.13. The van der Waals surface area contributed by atoms with Gasteiger partial charge in [0.05, 0.1) is 0 Å². The molecule has 74 valence electrons. The summed E-state index contributed by atoms with van der Waals surface area (Å²) in [6.07, 6.45) is 11.1. The zero-order valence-electron chi connectivity index (χ0n) is 8.77. The maximum absolute atomic E-state index is 5.13. The van der Waals surface area contributed by atoms with Crippen LogP contribution in [0.4, 0.5) is 0 Å². The molecule has 0 amide bonds. The highest BCUT2D eigenvalue weighted by Gasteiger charge is 1.90. The molecule has 0 radical (unpaired) electrons. The summed E-state index contributed by atoms with van der Waals surface area (Å²) in [7, 11) is 0.910. The number of unbranched alkanes of at least 4 members (excludes halogenated alkanes) is 7. The van der Waals surface area contributed by atoms with E-state index in [0.717, 1.165) is 17.1 Å². The van der Waals surface area contributed by atoms with Crippen LogP contribution in [0.2, 0.25) is 0 Å². The molecule has 0 atom stereocenters. The summed E-state index contributed by atoms with van der Waals surface area (Å²) in [6.45, 7) is 3.27. The van der Waals surface area contributed by atoms with Crippen molar-refractivity contribution >= 4 is 10.5 Å². The van der Waals surface area contributed by atoms with Crippen molar-refractivity contribution in [3.8, 4) is 0 Å². The van der Waals surface area contributed by atoms with Crippen LogP contribution in [0.1, 0.15) is 58.3 Å². The second kappa shape index (κ2) is 11.2. The predicted octanol–water partition coefficient (Wildman–Crippen LogP) is 2.42. The zero-order valence-corrected chi connectivity index (χ0v) is 10.8. The van der Waals surface area contributed by atoms with Crippen LogP contribution < -0.4 is 0 Å². The third-order valence-electron chi connectivity index (χ3n) is 2.20. The van der Waals surface area contributed by atoms with E-state index in [2.05, 4.69) is 6.92 Å². The lowest BCUT2D eigenvalue weighted by Crippen LogP contribution is -1.89. The molecule has 0 saturated heterocycles. The average Bonchev–Trinajstić information content (AvgIpc) is 2.10. The average molecular weight is 188 g/mol. The maximum Gasteiger partial charge on any atom is 0.145 e. The van der Waals surface area contributed by atoms with E-state index in [0.29, 0.717) is 0 Å². The molecule has 0 aliphatic rings. The van der Waals surface area contributed by atoms with E-state index in [-0.39, 0.29) is 0 Å². The van der Waals surface area contributed by atoms with E-state index in [1.807, 2.05) is 0 Å². The van der Waals surface area contributed by atoms with E-state index >= 15 is 0 Å². The smallest absolute Gasteiger partial charge is 0.145 e. The number of hydrogen-bond donors (Lipinski definition) is 0. The van der Waals surface area contributed by atoms with Crippen molar-refractivity contribution in [1.29, 1.82) is 0 Å². The first-order valence-electron chi connectivity index (χ1n) is 5.40. The first-order chi connectivity index (χ1) is 5.91. The van der Waals surface area contributed by atoms with Crippen LogP contribution in [0, 0.1) is 0 Å². The Hall–Kier alpha value is 0.177. The molecule has 12 heavy (non-hydrogen) atoms. The third-order valence-corrected chi connectivity index (χ3v) is 2.61. The van der Waals surface area contributed by atoms with Crippen LogP contribution in [0.5, 0.6) is 0 Å². The molecule has 0 aliphatic heterocycles. The molecular formula is C10H24OSi. The van der Waals surface area contributed by atoms with Gasteiger partial charge in [-0.1, -0.05) is 51.9 Å². The standard InChI is InChI=1S/C10H24OSi/c1-2-3-4-5-6-7-8-9-10-11-12/h2-10H2,1,12H3. The molecule has 0 spiro atoms. The van der Waals surface area contributed by atoms with Crippen molar-refractivity contribution in [2.24, 2.45) is 0 Å². The Morgan fingerprint density at radius 1 is 0.833 bits per heavy atom. The molecular weight excluding hydrogens is 164 g/mol. The highest BCUT2D eigenvalue weighted by molar-refractivity contribution is 5.97. The summed E-state index contributed by atoms with van der Waals surface area (Å²) in [5.41, 5.74) is 0. The van der Waals surface area contributed by atoms with Crippen LogP contribution in [0.25, 0.3) is 0 Å². The molecule has 0 saturated carbocycles. The van der Waals surface area contributed by atoms with Crippen LogP contribution in [-0.4, -0.2) is 17.1 Å². The lowest BCUT2D eigenvalue weighted by atomic mass is 10.1. The molecule has 0 rings (SSSR count). The fraction of sp³-hybridized carbons (Fsp3) is 1.00. The summed E-state index contributed by atoms with van der Waals surface area (Å²) >= 11 is 0. The summed E-state index contributed by atoms with van der Waals surface area (Å²) in [6, 6.07) is 0. The Kier molecular flexibility index (Phi) is 11.3. The van der Waals surface area contributed by atoms with Crippen LogP contribution in [0.3, 0.4) is 0 Å². The summed E-state index contributed by atoms with van der Waals surface area (Å²) in [4.78, 5) is 0. The predicted molar refractivity (Wildman–Crippen MR) is 58.5 cm³/mol. The van der Waals surface area contributed by atoms with E-state index in [4.69, 9.17) is 4.43 Å². The molecule has 2 heteroatoms. The van der Waals surface area contributed by atoms with Crippen molar-refractivity contribution in [3.63, 3.8) is 0 Å². The molecule has 0 heterocycles. The number of rotatable bonds is 9. The van der Waals surface area contributed by atoms with E-state index in [1.54, 1.807) is 0 Å². The minimum absolute atomic E-state index is 0.910. The van der Waals surface area contributed by atoms with Crippen LogP contribution in [-0.2, 0) is 4.43 Å². The Labute approximate surface area is 80.4 Å². The van der Waals surface area contributed by atoms with Crippen LogP contribution >= 0.6 is 0 Å². The van der Waals surface area contributed by atoms with Gasteiger partial charge >= 0.3 is 0 Å². The highest BCUT2D eigenvalue weighted by Crippen LogP contribution is 2.07. The minimum atomic E-state index is 0.910. The van der Waals surface area contributed by atoms with Crippen molar-refractivity contribution < 1.29 is 4.43 Å². The Morgan fingerprint density at radius 2 is 1.33 bits per heavy atom. The molecule has 0 N–H and O–H groups in total. The monoisotopic (exact) mass is 188 g/mol. The van der Waals surface area contributed by atoms with Gasteiger partial charge in [-0.25, -0.2) is 0 Å². The van der Waals surface area contributed by atoms with E-state index in [1.165, 1.54) is 51.4 Å². The van der Waals surface area contributed by atoms with Gasteiger partial charge in [0.1, 0.15) is 10.5 Å². The first-order valence-corrected chi connectivity index (χ1v) is 6.22. The molecule has 0 unspecified atom stereocenters. The SMILES string of the molecule is CCCCCCCCCCO[SiH3]. The van der Waals surface area contributed by atoms with Gasteiger partial charge in [0, 0.05) is 6.61 Å². The van der Waals surface area contributed by atoms with Gasteiger partial charge < -0.3 is 4.43 Å². The quantitative estimate of drug-likeness (QED) is 0.399. The van der Waals surface area contributed by atoms with Gasteiger partial charge in [0.15, 0.2) is 0 Å². The highest BCUT2D eigenvalue weighted by atomic mass is 28.2. The number of hydrogen-bond acceptors (Lipinski definition) is 1. The Balaban J connectivity index is 2.73. The third kappa shape index (κ3) is 10.2. The van der Waals surface area contributed by atoms with Crippen LogP contribution in [0.15, 0.2) is 0 Å². The van der Waals surface area contributed by atoms with E-state index in [9.17, 15) is 0 Å². The van der Waals surface area contributed by atoms with Gasteiger partial charge in [-0.2, -0.15) is 0 Å². The fourth-order valence-corrected chi connectivity index (χ4v) is 1.67. The van der Waals surface area contributed by atoms with Gasteiger partial charge in [-0.3, -0.25) is 0 Å². The lowest BCUT2D eigenvalue weighted by Gasteiger charge is -2.00. The molecule has 0 aromatic carbocycles. The second-order valence-electron chi connectivity index (χ2n) is 3.47. The lowest BCUT2D eigenvalue weighted by molar-refractivity contribution is 0.332. The Bertz CT molecular complexity index is 66.2. The zero-order chi connectivity index (χ0) is 9.07. The normalized spacial score (nSPS) is 10.8. The largest absolute Gasteiger partial charge is 0.428 e. The first kappa shape index (κ1) is 12.2. The van der Waals surface area contributed by atoms with Crippen molar-refractivity contribution in [2.75, 3.05) is 6.61 Å². The van der Waals surface area contributed by atoms with E-state index < -0.39 is 0 Å². The van der Waals surface area contributed by atoms with Gasteiger partial charge in [-0.05, 0) is 6.42 Å². The molecule has 1 nitrogen and oxygen atoms in total. The topological polar surface area (TPSA) is 9.23 Å². The summed E-state index contributed by atoms with van der Waals surface area (Å²) in [5.74, 6) is 0. The van der Waals surface area contributed by atoms with Gasteiger partial charge in [0.2, 0.25) is 0 Å². The molecule has 0 aromatic rings. The summed E-state index contributed by atoms with van der Waals surface area (Å²) < 4.78 is 5.13. The minimum Gasteiger partial charge on any atom is -0.428 e.